The molecule has 0 radical (unpaired) electrons. The van der Waals surface area contributed by atoms with Gasteiger partial charge in [0, 0.05) is 23.9 Å². The maximum Gasteiger partial charge on any atom is 0.338 e. The summed E-state index contributed by atoms with van der Waals surface area (Å²) in [6, 6.07) is 2.30. The highest BCUT2D eigenvalue weighted by atomic mass is 19.2. The number of halogens is 2. The Morgan fingerprint density at radius 2 is 2.05 bits per heavy atom. The normalized spacial score (nSPS) is 11.1. The summed E-state index contributed by atoms with van der Waals surface area (Å²) in [4.78, 5) is 10.7. The van der Waals surface area contributed by atoms with E-state index in [0.29, 0.717) is 18.0 Å². The van der Waals surface area contributed by atoms with Gasteiger partial charge in [-0.25, -0.2) is 13.6 Å². The summed E-state index contributed by atoms with van der Waals surface area (Å²) < 4.78 is 29.2. The topological polar surface area (TPSA) is 55.1 Å². The summed E-state index contributed by atoms with van der Waals surface area (Å²) in [5, 5.41) is 12.8. The van der Waals surface area contributed by atoms with Gasteiger partial charge in [-0.1, -0.05) is 19.9 Å². The first-order valence-corrected chi connectivity index (χ1v) is 6.14. The Hall–Kier alpha value is -2.24. The van der Waals surface area contributed by atoms with Crippen molar-refractivity contribution in [3.05, 3.63) is 41.7 Å². The molecule has 0 aliphatic rings. The molecule has 4 nitrogen and oxygen atoms in total. The fourth-order valence-corrected chi connectivity index (χ4v) is 1.91. The van der Waals surface area contributed by atoms with Gasteiger partial charge in [0.05, 0.1) is 11.8 Å². The molecule has 1 aromatic carbocycles. The third-order valence-electron chi connectivity index (χ3n) is 2.81. The molecule has 0 spiro atoms. The molecule has 1 aromatic heterocycles. The summed E-state index contributed by atoms with van der Waals surface area (Å²) in [6.07, 6.45) is 3.04. The Kier molecular flexibility index (Phi) is 3.83. The maximum absolute atomic E-state index is 13.9. The van der Waals surface area contributed by atoms with Crippen LogP contribution in [0.1, 0.15) is 24.2 Å². The predicted octanol–water partition coefficient (Wildman–Crippen LogP) is 3.18. The lowest BCUT2D eigenvalue weighted by atomic mass is 10.1. The predicted molar refractivity (Wildman–Crippen MR) is 69.4 cm³/mol. The average molecular weight is 280 g/mol. The van der Waals surface area contributed by atoms with Crippen LogP contribution < -0.4 is 0 Å². The molecule has 106 valence electrons. The van der Waals surface area contributed by atoms with Gasteiger partial charge in [-0.05, 0) is 12.0 Å². The van der Waals surface area contributed by atoms with Crippen LogP contribution in [0.5, 0.6) is 0 Å². The maximum atomic E-state index is 13.9. The van der Waals surface area contributed by atoms with Crippen LogP contribution in [0.4, 0.5) is 8.78 Å². The van der Waals surface area contributed by atoms with Crippen molar-refractivity contribution in [3.8, 4) is 11.1 Å². The molecule has 0 saturated heterocycles. The van der Waals surface area contributed by atoms with Gasteiger partial charge in [0.1, 0.15) is 0 Å². The Balaban J connectivity index is 2.41. The van der Waals surface area contributed by atoms with Crippen molar-refractivity contribution in [2.75, 3.05) is 0 Å². The van der Waals surface area contributed by atoms with Crippen molar-refractivity contribution in [3.63, 3.8) is 0 Å². The van der Waals surface area contributed by atoms with E-state index in [0.717, 1.165) is 6.07 Å². The quantitative estimate of drug-likeness (QED) is 0.935. The number of carbonyl (C=O) groups is 1. The van der Waals surface area contributed by atoms with Crippen LogP contribution in [0.15, 0.2) is 24.5 Å². The third kappa shape index (κ3) is 2.68. The molecule has 0 aliphatic carbocycles. The molecule has 0 fully saturated rings. The zero-order valence-electron chi connectivity index (χ0n) is 11.1. The van der Waals surface area contributed by atoms with Gasteiger partial charge in [-0.3, -0.25) is 4.68 Å². The van der Waals surface area contributed by atoms with Crippen LogP contribution >= 0.6 is 0 Å². The number of carboxylic acids is 1. The first-order chi connectivity index (χ1) is 9.40. The molecule has 0 unspecified atom stereocenters. The van der Waals surface area contributed by atoms with Crippen molar-refractivity contribution < 1.29 is 18.7 Å². The average Bonchev–Trinajstić information content (AvgIpc) is 2.79. The van der Waals surface area contributed by atoms with Crippen molar-refractivity contribution in [2.45, 2.75) is 20.4 Å². The van der Waals surface area contributed by atoms with Crippen LogP contribution in [0, 0.1) is 17.6 Å². The van der Waals surface area contributed by atoms with E-state index >= 15 is 0 Å². The number of carboxylic acid groups (broad SMARTS) is 1. The van der Waals surface area contributed by atoms with Crippen molar-refractivity contribution >= 4 is 5.97 Å². The molecule has 2 aromatic rings. The zero-order valence-corrected chi connectivity index (χ0v) is 11.1. The van der Waals surface area contributed by atoms with Crippen LogP contribution in [-0.4, -0.2) is 20.9 Å². The number of rotatable bonds is 4. The summed E-state index contributed by atoms with van der Waals surface area (Å²) in [6.45, 7) is 4.70. The molecule has 1 N–H and O–H groups in total. The lowest BCUT2D eigenvalue weighted by molar-refractivity contribution is 0.0690. The Morgan fingerprint density at radius 3 is 2.65 bits per heavy atom. The van der Waals surface area contributed by atoms with E-state index in [1.807, 2.05) is 13.8 Å². The summed E-state index contributed by atoms with van der Waals surface area (Å²) in [7, 11) is 0. The van der Waals surface area contributed by atoms with Crippen molar-refractivity contribution in [1.29, 1.82) is 0 Å². The monoisotopic (exact) mass is 280 g/mol. The van der Waals surface area contributed by atoms with E-state index in [4.69, 9.17) is 5.11 Å². The van der Waals surface area contributed by atoms with E-state index in [9.17, 15) is 13.6 Å². The largest absolute Gasteiger partial charge is 0.478 e. The number of hydrogen-bond acceptors (Lipinski definition) is 2. The van der Waals surface area contributed by atoms with Gasteiger partial charge in [0.25, 0.3) is 0 Å². The molecule has 0 bridgehead atoms. The molecule has 0 atom stereocenters. The van der Waals surface area contributed by atoms with E-state index in [1.54, 1.807) is 10.9 Å². The number of hydrogen-bond donors (Lipinski definition) is 1. The highest BCUT2D eigenvalue weighted by molar-refractivity contribution is 5.88. The van der Waals surface area contributed by atoms with Crippen LogP contribution in [-0.2, 0) is 6.54 Å². The minimum atomic E-state index is -1.50. The molecule has 0 amide bonds. The van der Waals surface area contributed by atoms with E-state index in [2.05, 4.69) is 5.10 Å². The second-order valence-corrected chi connectivity index (χ2v) is 4.94. The standard InChI is InChI=1S/C14H14F2N2O2/c1-8(2)6-18-7-9(5-17-18)10-3-4-11(14(19)20)13(16)12(10)15/h3-5,7-8H,6H2,1-2H3,(H,19,20). The minimum Gasteiger partial charge on any atom is -0.478 e. The summed E-state index contributed by atoms with van der Waals surface area (Å²) in [5.74, 6) is -3.65. The molecular weight excluding hydrogens is 266 g/mol. The molecule has 20 heavy (non-hydrogen) atoms. The lowest BCUT2D eigenvalue weighted by Crippen LogP contribution is -2.04. The van der Waals surface area contributed by atoms with Crippen LogP contribution in [0.25, 0.3) is 11.1 Å². The molecule has 0 saturated carbocycles. The molecule has 6 heteroatoms. The Bertz CT molecular complexity index is 651. The van der Waals surface area contributed by atoms with Gasteiger partial charge < -0.3 is 5.11 Å². The van der Waals surface area contributed by atoms with E-state index in [-0.39, 0.29) is 5.56 Å². The zero-order chi connectivity index (χ0) is 14.9. The SMILES string of the molecule is CC(C)Cn1cc(-c2ccc(C(=O)O)c(F)c2F)cn1. The van der Waals surface area contributed by atoms with Gasteiger partial charge in [0.2, 0.25) is 0 Å². The fourth-order valence-electron chi connectivity index (χ4n) is 1.91. The number of benzene rings is 1. The van der Waals surface area contributed by atoms with Gasteiger partial charge in [0.15, 0.2) is 11.6 Å². The highest BCUT2D eigenvalue weighted by Crippen LogP contribution is 2.26. The first-order valence-electron chi connectivity index (χ1n) is 6.14. The number of aromatic nitrogens is 2. The second-order valence-electron chi connectivity index (χ2n) is 4.94. The Labute approximate surface area is 114 Å². The van der Waals surface area contributed by atoms with Gasteiger partial charge in [-0.15, -0.1) is 0 Å². The van der Waals surface area contributed by atoms with Crippen molar-refractivity contribution in [1.82, 2.24) is 9.78 Å². The smallest absolute Gasteiger partial charge is 0.338 e. The van der Waals surface area contributed by atoms with Gasteiger partial charge >= 0.3 is 5.97 Å². The number of nitrogens with zero attached hydrogens (tertiary/aromatic N) is 2. The summed E-state index contributed by atoms with van der Waals surface area (Å²) in [5.41, 5.74) is -0.262. The molecule has 2 rings (SSSR count). The van der Waals surface area contributed by atoms with E-state index < -0.39 is 23.2 Å². The minimum absolute atomic E-state index is 0.00232. The highest BCUT2D eigenvalue weighted by Gasteiger charge is 2.19. The Morgan fingerprint density at radius 1 is 1.35 bits per heavy atom. The van der Waals surface area contributed by atoms with Crippen LogP contribution in [0.2, 0.25) is 0 Å². The summed E-state index contributed by atoms with van der Waals surface area (Å²) >= 11 is 0. The number of aromatic carboxylic acids is 1. The third-order valence-corrected chi connectivity index (χ3v) is 2.81. The van der Waals surface area contributed by atoms with Crippen molar-refractivity contribution in [2.24, 2.45) is 5.92 Å². The molecule has 0 aliphatic heterocycles. The van der Waals surface area contributed by atoms with Crippen LogP contribution in [0.3, 0.4) is 0 Å². The fraction of sp³-hybridized carbons (Fsp3) is 0.286. The second kappa shape index (κ2) is 5.40. The molecule has 1 heterocycles. The first kappa shape index (κ1) is 14.2. The molecular formula is C14H14F2N2O2. The lowest BCUT2D eigenvalue weighted by Gasteiger charge is -2.05. The van der Waals surface area contributed by atoms with Gasteiger partial charge in [-0.2, -0.15) is 5.10 Å². The van der Waals surface area contributed by atoms with E-state index in [1.165, 1.54) is 12.3 Å².